The molecule has 2 aromatic heterocycles. The number of hydrogen-bond donors (Lipinski definition) is 2. The number of hydrogen-bond acceptors (Lipinski definition) is 4. The SMILES string of the molecule is Cc1cc(-n2cc(Cl)cn2)ccc1CNCc1nccn1CC(=O)O. The van der Waals surface area contributed by atoms with Gasteiger partial charge in [-0.25, -0.2) is 9.67 Å². The molecule has 2 N–H and O–H groups in total. The Labute approximate surface area is 149 Å². The minimum Gasteiger partial charge on any atom is -0.480 e. The molecule has 0 atom stereocenters. The van der Waals surface area contributed by atoms with Gasteiger partial charge >= 0.3 is 5.97 Å². The van der Waals surface area contributed by atoms with Gasteiger partial charge in [0.1, 0.15) is 12.4 Å². The van der Waals surface area contributed by atoms with Gasteiger partial charge in [0.05, 0.1) is 23.5 Å². The van der Waals surface area contributed by atoms with Crippen molar-refractivity contribution < 1.29 is 9.90 Å². The Morgan fingerprint density at radius 2 is 2.20 bits per heavy atom. The molecule has 0 fully saturated rings. The molecule has 0 aliphatic carbocycles. The first-order valence-electron chi connectivity index (χ1n) is 7.75. The maximum atomic E-state index is 10.8. The van der Waals surface area contributed by atoms with Gasteiger partial charge in [0, 0.05) is 25.1 Å². The number of aryl methyl sites for hydroxylation is 1. The molecule has 0 amide bonds. The average molecular weight is 360 g/mol. The number of carboxylic acid groups (broad SMARTS) is 1. The number of nitrogens with zero attached hydrogens (tertiary/aromatic N) is 4. The number of rotatable bonds is 7. The third kappa shape index (κ3) is 4.26. The third-order valence-corrected chi connectivity index (χ3v) is 4.04. The van der Waals surface area contributed by atoms with E-state index >= 15 is 0 Å². The lowest BCUT2D eigenvalue weighted by Crippen LogP contribution is -2.19. The summed E-state index contributed by atoms with van der Waals surface area (Å²) in [5.74, 6) is -0.188. The summed E-state index contributed by atoms with van der Waals surface area (Å²) < 4.78 is 3.35. The van der Waals surface area contributed by atoms with E-state index in [0.717, 1.165) is 16.8 Å². The van der Waals surface area contributed by atoms with Gasteiger partial charge in [-0.15, -0.1) is 0 Å². The van der Waals surface area contributed by atoms with Crippen LogP contribution in [0.3, 0.4) is 0 Å². The predicted molar refractivity (Wildman–Crippen MR) is 93.7 cm³/mol. The lowest BCUT2D eigenvalue weighted by atomic mass is 10.1. The van der Waals surface area contributed by atoms with Crippen LogP contribution in [-0.2, 0) is 24.4 Å². The van der Waals surface area contributed by atoms with E-state index in [-0.39, 0.29) is 6.54 Å². The fourth-order valence-corrected chi connectivity index (χ4v) is 2.70. The third-order valence-electron chi connectivity index (χ3n) is 3.85. The Bertz CT molecular complexity index is 887. The molecule has 8 heteroatoms. The van der Waals surface area contributed by atoms with Gasteiger partial charge in [-0.3, -0.25) is 4.79 Å². The summed E-state index contributed by atoms with van der Waals surface area (Å²) in [7, 11) is 0. The van der Waals surface area contributed by atoms with Crippen molar-refractivity contribution in [2.75, 3.05) is 0 Å². The van der Waals surface area contributed by atoms with Crippen LogP contribution in [0.2, 0.25) is 5.02 Å². The first-order chi connectivity index (χ1) is 12.0. The van der Waals surface area contributed by atoms with E-state index in [9.17, 15) is 4.79 Å². The van der Waals surface area contributed by atoms with Crippen LogP contribution in [0.1, 0.15) is 17.0 Å². The molecule has 0 spiro atoms. The minimum absolute atomic E-state index is 0.0861. The maximum Gasteiger partial charge on any atom is 0.323 e. The minimum atomic E-state index is -0.885. The highest BCUT2D eigenvalue weighted by molar-refractivity contribution is 6.30. The van der Waals surface area contributed by atoms with Gasteiger partial charge in [-0.2, -0.15) is 5.10 Å². The zero-order valence-corrected chi connectivity index (χ0v) is 14.4. The van der Waals surface area contributed by atoms with Crippen LogP contribution < -0.4 is 5.32 Å². The van der Waals surface area contributed by atoms with Crippen LogP contribution in [0, 0.1) is 6.92 Å². The Morgan fingerprint density at radius 3 is 2.88 bits per heavy atom. The summed E-state index contributed by atoms with van der Waals surface area (Å²) in [6.07, 6.45) is 6.64. The van der Waals surface area contributed by atoms with Gasteiger partial charge in [-0.05, 0) is 30.2 Å². The van der Waals surface area contributed by atoms with Crippen molar-refractivity contribution in [2.24, 2.45) is 0 Å². The Kier molecular flexibility index (Phi) is 5.16. The summed E-state index contributed by atoms with van der Waals surface area (Å²) in [6.45, 7) is 3.11. The molecule has 0 bridgehead atoms. The van der Waals surface area contributed by atoms with Crippen LogP contribution in [0.15, 0.2) is 43.0 Å². The van der Waals surface area contributed by atoms with Gasteiger partial charge in [-0.1, -0.05) is 17.7 Å². The molecule has 0 radical (unpaired) electrons. The van der Waals surface area contributed by atoms with E-state index in [2.05, 4.69) is 15.4 Å². The van der Waals surface area contributed by atoms with E-state index in [1.54, 1.807) is 34.0 Å². The number of carboxylic acids is 1. The van der Waals surface area contributed by atoms with Gasteiger partial charge in [0.15, 0.2) is 0 Å². The van der Waals surface area contributed by atoms with E-state index in [4.69, 9.17) is 16.7 Å². The molecule has 2 heterocycles. The summed E-state index contributed by atoms with van der Waals surface area (Å²) in [6, 6.07) is 6.07. The lowest BCUT2D eigenvalue weighted by molar-refractivity contribution is -0.137. The molecule has 0 saturated heterocycles. The summed E-state index contributed by atoms with van der Waals surface area (Å²) in [4.78, 5) is 15.0. The molecule has 25 heavy (non-hydrogen) atoms. The second-order valence-corrected chi connectivity index (χ2v) is 6.12. The quantitative estimate of drug-likeness (QED) is 0.676. The highest BCUT2D eigenvalue weighted by Gasteiger charge is 2.07. The average Bonchev–Trinajstić information content (AvgIpc) is 3.18. The number of aliphatic carboxylic acids is 1. The molecular formula is C17H18ClN5O2. The number of halogens is 1. The van der Waals surface area contributed by atoms with Crippen LogP contribution in [0.25, 0.3) is 5.69 Å². The molecule has 130 valence electrons. The normalized spacial score (nSPS) is 11.0. The van der Waals surface area contributed by atoms with Crippen LogP contribution >= 0.6 is 11.6 Å². The molecule has 1 aromatic carbocycles. The second kappa shape index (κ2) is 7.50. The van der Waals surface area contributed by atoms with E-state index in [1.165, 1.54) is 0 Å². The molecule has 3 aromatic rings. The summed E-state index contributed by atoms with van der Waals surface area (Å²) >= 11 is 5.90. The van der Waals surface area contributed by atoms with Crippen molar-refractivity contribution in [1.29, 1.82) is 0 Å². The standard InChI is InChI=1S/C17H18ClN5O2/c1-12-6-15(23-10-14(18)8-21-23)3-2-13(12)7-19-9-16-20-4-5-22(16)11-17(24)25/h2-6,8,10,19H,7,9,11H2,1H3,(H,24,25). The molecule has 0 saturated carbocycles. The van der Waals surface area contributed by atoms with Crippen molar-refractivity contribution in [1.82, 2.24) is 24.6 Å². The number of nitrogens with one attached hydrogen (secondary N) is 1. The van der Waals surface area contributed by atoms with Crippen molar-refractivity contribution in [3.8, 4) is 5.69 Å². The van der Waals surface area contributed by atoms with E-state index < -0.39 is 5.97 Å². The smallest absolute Gasteiger partial charge is 0.323 e. The van der Waals surface area contributed by atoms with Crippen molar-refractivity contribution in [3.05, 3.63) is 65.0 Å². The monoisotopic (exact) mass is 359 g/mol. The first-order valence-corrected chi connectivity index (χ1v) is 8.13. The number of aromatic nitrogens is 4. The van der Waals surface area contributed by atoms with Crippen LogP contribution in [-0.4, -0.2) is 30.4 Å². The summed E-state index contributed by atoms with van der Waals surface area (Å²) in [5, 5.41) is 17.0. The molecule has 0 aliphatic heterocycles. The first kappa shape index (κ1) is 17.2. The van der Waals surface area contributed by atoms with Crippen molar-refractivity contribution in [2.45, 2.75) is 26.6 Å². The van der Waals surface area contributed by atoms with Crippen LogP contribution in [0.5, 0.6) is 0 Å². The largest absolute Gasteiger partial charge is 0.480 e. The van der Waals surface area contributed by atoms with Gasteiger partial charge in [0.25, 0.3) is 0 Å². The Morgan fingerprint density at radius 1 is 1.36 bits per heavy atom. The maximum absolute atomic E-state index is 10.8. The molecule has 0 aliphatic rings. The Hall–Kier alpha value is -2.64. The molecule has 7 nitrogen and oxygen atoms in total. The zero-order chi connectivity index (χ0) is 17.8. The van der Waals surface area contributed by atoms with Crippen LogP contribution in [0.4, 0.5) is 0 Å². The summed E-state index contributed by atoms with van der Waals surface area (Å²) in [5.41, 5.74) is 3.23. The lowest BCUT2D eigenvalue weighted by Gasteiger charge is -2.11. The molecular weight excluding hydrogens is 342 g/mol. The zero-order valence-electron chi connectivity index (χ0n) is 13.7. The van der Waals surface area contributed by atoms with E-state index in [0.29, 0.717) is 23.9 Å². The molecule has 0 unspecified atom stereocenters. The highest BCUT2D eigenvalue weighted by Crippen LogP contribution is 2.16. The number of imidazole rings is 1. The fourth-order valence-electron chi connectivity index (χ4n) is 2.57. The topological polar surface area (TPSA) is 85.0 Å². The predicted octanol–water partition coefficient (Wildman–Crippen LogP) is 2.41. The van der Waals surface area contributed by atoms with Crippen molar-refractivity contribution in [3.63, 3.8) is 0 Å². The van der Waals surface area contributed by atoms with Crippen molar-refractivity contribution >= 4 is 17.6 Å². The number of benzene rings is 1. The molecule has 3 rings (SSSR count). The van der Waals surface area contributed by atoms with E-state index in [1.807, 2.05) is 25.1 Å². The highest BCUT2D eigenvalue weighted by atomic mass is 35.5. The second-order valence-electron chi connectivity index (χ2n) is 5.68. The van der Waals surface area contributed by atoms with Gasteiger partial charge in [0.2, 0.25) is 0 Å². The number of carbonyl (C=O) groups is 1. The Balaban J connectivity index is 1.62. The fraction of sp³-hybridized carbons (Fsp3) is 0.235. The van der Waals surface area contributed by atoms with Gasteiger partial charge < -0.3 is 15.0 Å².